The van der Waals surface area contributed by atoms with Gasteiger partial charge in [-0.3, -0.25) is 4.98 Å². The molecule has 1 N–H and O–H groups in total. The molecule has 0 aliphatic heterocycles. The molecule has 5 nitrogen and oxygen atoms in total. The third-order valence-electron chi connectivity index (χ3n) is 2.48. The van der Waals surface area contributed by atoms with Crippen LogP contribution in [0.25, 0.3) is 10.8 Å². The highest BCUT2D eigenvalue weighted by molar-refractivity contribution is 5.99. The molecule has 0 atom stereocenters. The Balaban J connectivity index is 2.73. The van der Waals surface area contributed by atoms with E-state index in [-0.39, 0.29) is 0 Å². The van der Waals surface area contributed by atoms with Gasteiger partial charge in [-0.1, -0.05) is 5.16 Å². The van der Waals surface area contributed by atoms with Crippen LogP contribution in [0.3, 0.4) is 0 Å². The molecule has 2 rings (SSSR count). The fraction of sp³-hybridized carbons (Fsp3) is 0.167. The standard InChI is InChI=1S/C12H12N2O3/c1-16-11-5-8-3-4-13-10(7-14-15)9(8)6-12(11)17-2/h3-7,15H,1-2H3/b14-7-. The minimum absolute atomic E-state index is 0.575. The van der Waals surface area contributed by atoms with Gasteiger partial charge in [-0.05, 0) is 23.6 Å². The van der Waals surface area contributed by atoms with Crippen LogP contribution in [0.5, 0.6) is 11.5 Å². The number of aromatic nitrogens is 1. The van der Waals surface area contributed by atoms with Gasteiger partial charge in [0.15, 0.2) is 11.5 Å². The van der Waals surface area contributed by atoms with Crippen molar-refractivity contribution in [2.24, 2.45) is 5.16 Å². The van der Waals surface area contributed by atoms with Crippen LogP contribution in [0.1, 0.15) is 5.69 Å². The monoisotopic (exact) mass is 232 g/mol. The van der Waals surface area contributed by atoms with E-state index in [1.807, 2.05) is 12.1 Å². The van der Waals surface area contributed by atoms with Gasteiger partial charge in [0.2, 0.25) is 0 Å². The maximum absolute atomic E-state index is 8.58. The zero-order chi connectivity index (χ0) is 12.3. The van der Waals surface area contributed by atoms with Gasteiger partial charge in [-0.25, -0.2) is 0 Å². The Labute approximate surface area is 98.3 Å². The molecule has 0 bridgehead atoms. The second-order valence-corrected chi connectivity index (χ2v) is 3.37. The van der Waals surface area contributed by atoms with Crippen molar-refractivity contribution in [1.82, 2.24) is 4.98 Å². The van der Waals surface area contributed by atoms with E-state index in [0.29, 0.717) is 17.2 Å². The second kappa shape index (κ2) is 4.69. The minimum atomic E-state index is 0.575. The van der Waals surface area contributed by atoms with E-state index in [0.717, 1.165) is 10.8 Å². The topological polar surface area (TPSA) is 63.9 Å². The van der Waals surface area contributed by atoms with Crippen LogP contribution in [-0.4, -0.2) is 30.6 Å². The minimum Gasteiger partial charge on any atom is -0.493 e. The zero-order valence-corrected chi connectivity index (χ0v) is 9.54. The van der Waals surface area contributed by atoms with E-state index in [2.05, 4.69) is 10.1 Å². The summed E-state index contributed by atoms with van der Waals surface area (Å²) >= 11 is 0. The molecule has 0 radical (unpaired) electrons. The summed E-state index contributed by atoms with van der Waals surface area (Å²) in [5.74, 6) is 1.26. The van der Waals surface area contributed by atoms with Crippen molar-refractivity contribution < 1.29 is 14.7 Å². The van der Waals surface area contributed by atoms with Gasteiger partial charge >= 0.3 is 0 Å². The highest BCUT2D eigenvalue weighted by Crippen LogP contribution is 2.32. The molecule has 5 heteroatoms. The van der Waals surface area contributed by atoms with Crippen molar-refractivity contribution in [3.05, 3.63) is 30.1 Å². The number of hydrogen-bond donors (Lipinski definition) is 1. The fourth-order valence-corrected chi connectivity index (χ4v) is 1.68. The van der Waals surface area contributed by atoms with E-state index in [4.69, 9.17) is 14.7 Å². The Morgan fingerprint density at radius 2 is 1.94 bits per heavy atom. The van der Waals surface area contributed by atoms with E-state index in [9.17, 15) is 0 Å². The van der Waals surface area contributed by atoms with Crippen LogP contribution in [-0.2, 0) is 0 Å². The molecule has 0 saturated carbocycles. The summed E-state index contributed by atoms with van der Waals surface area (Å²) in [5.41, 5.74) is 0.575. The molecule has 0 saturated heterocycles. The first-order valence-electron chi connectivity index (χ1n) is 4.98. The number of oxime groups is 1. The molecule has 0 unspecified atom stereocenters. The summed E-state index contributed by atoms with van der Waals surface area (Å²) in [4.78, 5) is 4.12. The lowest BCUT2D eigenvalue weighted by Crippen LogP contribution is -1.94. The Morgan fingerprint density at radius 1 is 1.24 bits per heavy atom. The molecule has 1 aromatic carbocycles. The highest BCUT2D eigenvalue weighted by atomic mass is 16.5. The predicted octanol–water partition coefficient (Wildman–Crippen LogP) is 2.06. The number of ether oxygens (including phenoxy) is 2. The van der Waals surface area contributed by atoms with Crippen LogP contribution in [0.15, 0.2) is 29.6 Å². The number of nitrogens with zero attached hydrogens (tertiary/aromatic N) is 2. The maximum Gasteiger partial charge on any atom is 0.161 e. The van der Waals surface area contributed by atoms with Gasteiger partial charge in [0.05, 0.1) is 26.1 Å². The number of rotatable bonds is 3. The normalized spacial score (nSPS) is 10.9. The first-order chi connectivity index (χ1) is 8.30. The predicted molar refractivity (Wildman–Crippen MR) is 64.2 cm³/mol. The van der Waals surface area contributed by atoms with Crippen LogP contribution in [0.4, 0.5) is 0 Å². The van der Waals surface area contributed by atoms with Crippen LogP contribution >= 0.6 is 0 Å². The lowest BCUT2D eigenvalue weighted by atomic mass is 10.1. The first-order valence-corrected chi connectivity index (χ1v) is 4.98. The van der Waals surface area contributed by atoms with Crippen molar-refractivity contribution in [3.63, 3.8) is 0 Å². The van der Waals surface area contributed by atoms with Crippen molar-refractivity contribution in [1.29, 1.82) is 0 Å². The van der Waals surface area contributed by atoms with E-state index in [1.54, 1.807) is 26.5 Å². The smallest absolute Gasteiger partial charge is 0.161 e. The number of benzene rings is 1. The molecule has 1 heterocycles. The number of methoxy groups -OCH3 is 2. The summed E-state index contributed by atoms with van der Waals surface area (Å²) in [6, 6.07) is 5.51. The van der Waals surface area contributed by atoms with Gasteiger partial charge in [0.25, 0.3) is 0 Å². The molecule has 0 spiro atoms. The second-order valence-electron chi connectivity index (χ2n) is 3.37. The number of hydrogen-bond acceptors (Lipinski definition) is 5. The Morgan fingerprint density at radius 3 is 2.59 bits per heavy atom. The van der Waals surface area contributed by atoms with Gasteiger partial charge < -0.3 is 14.7 Å². The summed E-state index contributed by atoms with van der Waals surface area (Å²) in [5, 5.41) is 13.3. The molecule has 2 aromatic rings. The van der Waals surface area contributed by atoms with Crippen LogP contribution in [0.2, 0.25) is 0 Å². The molecular weight excluding hydrogens is 220 g/mol. The van der Waals surface area contributed by atoms with Gasteiger partial charge in [0, 0.05) is 11.6 Å². The number of fused-ring (bicyclic) bond motifs is 1. The molecule has 1 aromatic heterocycles. The molecule has 0 fully saturated rings. The summed E-state index contributed by atoms with van der Waals surface area (Å²) < 4.78 is 10.4. The average molecular weight is 232 g/mol. The quantitative estimate of drug-likeness (QED) is 0.500. The maximum atomic E-state index is 8.58. The summed E-state index contributed by atoms with van der Waals surface area (Å²) in [6.45, 7) is 0. The molecule has 0 aliphatic rings. The van der Waals surface area contributed by atoms with Crippen molar-refractivity contribution in [2.75, 3.05) is 14.2 Å². The van der Waals surface area contributed by atoms with Gasteiger partial charge in [-0.15, -0.1) is 0 Å². The first kappa shape index (κ1) is 11.2. The molecule has 88 valence electrons. The zero-order valence-electron chi connectivity index (χ0n) is 9.54. The van der Waals surface area contributed by atoms with Crippen LogP contribution in [0, 0.1) is 0 Å². The van der Waals surface area contributed by atoms with Crippen molar-refractivity contribution in [2.45, 2.75) is 0 Å². The highest BCUT2D eigenvalue weighted by Gasteiger charge is 2.08. The Bertz CT molecular complexity index is 567. The summed E-state index contributed by atoms with van der Waals surface area (Å²) in [7, 11) is 3.15. The fourth-order valence-electron chi connectivity index (χ4n) is 1.68. The van der Waals surface area contributed by atoms with Gasteiger partial charge in [-0.2, -0.15) is 0 Å². The largest absolute Gasteiger partial charge is 0.493 e. The third-order valence-corrected chi connectivity index (χ3v) is 2.48. The summed E-state index contributed by atoms with van der Waals surface area (Å²) in [6.07, 6.45) is 2.93. The van der Waals surface area contributed by atoms with E-state index in [1.165, 1.54) is 6.21 Å². The molecular formula is C12H12N2O3. The number of pyridine rings is 1. The molecule has 0 aliphatic carbocycles. The molecule has 17 heavy (non-hydrogen) atoms. The Kier molecular flexibility index (Phi) is 3.09. The third kappa shape index (κ3) is 1.99. The van der Waals surface area contributed by atoms with Crippen molar-refractivity contribution >= 4 is 17.0 Å². The molecule has 0 amide bonds. The van der Waals surface area contributed by atoms with Crippen LogP contribution < -0.4 is 9.47 Å². The lowest BCUT2D eigenvalue weighted by molar-refractivity contribution is 0.321. The SMILES string of the molecule is COc1cc2ccnc(/C=N\O)c2cc1OC. The van der Waals surface area contributed by atoms with E-state index < -0.39 is 0 Å². The van der Waals surface area contributed by atoms with Crippen molar-refractivity contribution in [3.8, 4) is 11.5 Å². The Hall–Kier alpha value is -2.30. The average Bonchev–Trinajstić information content (AvgIpc) is 2.38. The lowest BCUT2D eigenvalue weighted by Gasteiger charge is -2.09. The van der Waals surface area contributed by atoms with E-state index >= 15 is 0 Å². The van der Waals surface area contributed by atoms with Gasteiger partial charge in [0.1, 0.15) is 0 Å².